The summed E-state index contributed by atoms with van der Waals surface area (Å²) in [5, 5.41) is 6.44. The lowest BCUT2D eigenvalue weighted by Crippen LogP contribution is -2.09. The van der Waals surface area contributed by atoms with Gasteiger partial charge in [0, 0.05) is 36.2 Å². The number of hydrogen-bond donors (Lipinski definition) is 2. The third-order valence-corrected chi connectivity index (χ3v) is 1.86. The Labute approximate surface area is 79.6 Å². The van der Waals surface area contributed by atoms with Crippen LogP contribution < -0.4 is 10.6 Å². The lowest BCUT2D eigenvalue weighted by atomic mass is 10.2. The van der Waals surface area contributed by atoms with Crippen LogP contribution in [0.25, 0.3) is 0 Å². The van der Waals surface area contributed by atoms with Gasteiger partial charge in [-0.2, -0.15) is 0 Å². The van der Waals surface area contributed by atoms with Crippen LogP contribution in [-0.2, 0) is 6.54 Å². The summed E-state index contributed by atoms with van der Waals surface area (Å²) in [6, 6.07) is 2.08. The van der Waals surface area contributed by atoms with Crippen molar-refractivity contribution in [2.24, 2.45) is 0 Å². The number of hydrogen-bond acceptors (Lipinski definition) is 3. The smallest absolute Gasteiger partial charge is 0.0419 e. The molecular formula is C10H17N3. The van der Waals surface area contributed by atoms with E-state index in [2.05, 4.69) is 28.6 Å². The van der Waals surface area contributed by atoms with E-state index >= 15 is 0 Å². The van der Waals surface area contributed by atoms with Crippen LogP contribution in [0.2, 0.25) is 0 Å². The van der Waals surface area contributed by atoms with Gasteiger partial charge in [-0.1, -0.05) is 0 Å². The van der Waals surface area contributed by atoms with Crippen molar-refractivity contribution >= 4 is 5.69 Å². The Bertz CT molecular complexity index is 271. The molecule has 0 aliphatic heterocycles. The average molecular weight is 179 g/mol. The summed E-state index contributed by atoms with van der Waals surface area (Å²) in [6.45, 7) is 5.90. The maximum atomic E-state index is 4.26. The molecule has 13 heavy (non-hydrogen) atoms. The Balaban J connectivity index is 2.89. The average Bonchev–Trinajstić information content (AvgIpc) is 2.10. The number of aryl methyl sites for hydroxylation is 1. The predicted octanol–water partition coefficient (Wildman–Crippen LogP) is 1.54. The van der Waals surface area contributed by atoms with E-state index in [0.29, 0.717) is 0 Å². The highest BCUT2D eigenvalue weighted by Crippen LogP contribution is 2.14. The number of rotatable bonds is 4. The van der Waals surface area contributed by atoms with Crippen LogP contribution in [0.3, 0.4) is 0 Å². The van der Waals surface area contributed by atoms with Gasteiger partial charge in [-0.25, -0.2) is 0 Å². The van der Waals surface area contributed by atoms with Gasteiger partial charge in [0.25, 0.3) is 0 Å². The molecule has 0 saturated heterocycles. The lowest BCUT2D eigenvalue weighted by molar-refractivity contribution is 0.812. The topological polar surface area (TPSA) is 37.0 Å². The highest BCUT2D eigenvalue weighted by molar-refractivity contribution is 5.50. The van der Waals surface area contributed by atoms with E-state index in [1.807, 2.05) is 20.2 Å². The number of anilines is 1. The molecule has 0 bridgehead atoms. The van der Waals surface area contributed by atoms with Crippen LogP contribution in [0.5, 0.6) is 0 Å². The van der Waals surface area contributed by atoms with Gasteiger partial charge >= 0.3 is 0 Å². The van der Waals surface area contributed by atoms with Gasteiger partial charge in [-0.15, -0.1) is 0 Å². The Hall–Kier alpha value is -1.09. The zero-order chi connectivity index (χ0) is 9.68. The predicted molar refractivity (Wildman–Crippen MR) is 55.9 cm³/mol. The molecule has 2 N–H and O–H groups in total. The van der Waals surface area contributed by atoms with E-state index in [-0.39, 0.29) is 0 Å². The highest BCUT2D eigenvalue weighted by Gasteiger charge is 2.00. The zero-order valence-corrected chi connectivity index (χ0v) is 8.52. The van der Waals surface area contributed by atoms with Gasteiger partial charge < -0.3 is 10.6 Å². The van der Waals surface area contributed by atoms with E-state index in [4.69, 9.17) is 0 Å². The molecule has 1 aromatic rings. The molecule has 1 heterocycles. The van der Waals surface area contributed by atoms with Crippen molar-refractivity contribution in [3.05, 3.63) is 23.5 Å². The van der Waals surface area contributed by atoms with Crippen molar-refractivity contribution in [1.29, 1.82) is 0 Å². The number of nitrogens with one attached hydrogen (secondary N) is 2. The Morgan fingerprint density at radius 2 is 2.23 bits per heavy atom. The highest BCUT2D eigenvalue weighted by atomic mass is 14.9. The molecule has 3 heteroatoms. The van der Waals surface area contributed by atoms with E-state index in [9.17, 15) is 0 Å². The number of nitrogens with zero attached hydrogens (tertiary/aromatic N) is 1. The molecule has 0 fully saturated rings. The van der Waals surface area contributed by atoms with Crippen molar-refractivity contribution < 1.29 is 0 Å². The molecule has 3 nitrogen and oxygen atoms in total. The van der Waals surface area contributed by atoms with Crippen molar-refractivity contribution in [3.63, 3.8) is 0 Å². The van der Waals surface area contributed by atoms with Gasteiger partial charge in [0.05, 0.1) is 0 Å². The molecule has 0 radical (unpaired) electrons. The molecular weight excluding hydrogens is 162 g/mol. The van der Waals surface area contributed by atoms with Crippen LogP contribution >= 0.6 is 0 Å². The van der Waals surface area contributed by atoms with Crippen LogP contribution in [0.4, 0.5) is 5.69 Å². The first-order valence-corrected chi connectivity index (χ1v) is 4.62. The Morgan fingerprint density at radius 1 is 1.46 bits per heavy atom. The second kappa shape index (κ2) is 4.82. The summed E-state index contributed by atoms with van der Waals surface area (Å²) in [5.41, 5.74) is 3.45. The van der Waals surface area contributed by atoms with Gasteiger partial charge in [-0.3, -0.25) is 4.98 Å². The van der Waals surface area contributed by atoms with Crippen molar-refractivity contribution in [1.82, 2.24) is 10.3 Å². The summed E-state index contributed by atoms with van der Waals surface area (Å²) in [4.78, 5) is 4.26. The van der Waals surface area contributed by atoms with Gasteiger partial charge in [0.1, 0.15) is 0 Å². The normalized spacial score (nSPS) is 10.1. The zero-order valence-electron chi connectivity index (χ0n) is 8.52. The molecule has 1 aromatic heterocycles. The van der Waals surface area contributed by atoms with Crippen LogP contribution in [0.15, 0.2) is 12.3 Å². The minimum atomic E-state index is 0.857. The SMILES string of the molecule is CCNc1cc(C)ncc1CNC. The van der Waals surface area contributed by atoms with Crippen molar-refractivity contribution in [3.8, 4) is 0 Å². The molecule has 0 aliphatic rings. The maximum absolute atomic E-state index is 4.26. The van der Waals surface area contributed by atoms with Crippen molar-refractivity contribution in [2.45, 2.75) is 20.4 Å². The second-order valence-electron chi connectivity index (χ2n) is 3.04. The third-order valence-electron chi connectivity index (χ3n) is 1.86. The number of aromatic nitrogens is 1. The quantitative estimate of drug-likeness (QED) is 0.736. The van der Waals surface area contributed by atoms with E-state index in [0.717, 1.165) is 18.8 Å². The largest absolute Gasteiger partial charge is 0.385 e. The molecule has 0 amide bonds. The molecule has 72 valence electrons. The lowest BCUT2D eigenvalue weighted by Gasteiger charge is -2.10. The van der Waals surface area contributed by atoms with Gasteiger partial charge in [0.2, 0.25) is 0 Å². The monoisotopic (exact) mass is 179 g/mol. The van der Waals surface area contributed by atoms with E-state index < -0.39 is 0 Å². The van der Waals surface area contributed by atoms with Crippen LogP contribution in [0.1, 0.15) is 18.2 Å². The van der Waals surface area contributed by atoms with E-state index in [1.165, 1.54) is 11.3 Å². The van der Waals surface area contributed by atoms with Gasteiger partial charge in [0.15, 0.2) is 0 Å². The molecule has 0 aliphatic carbocycles. The third kappa shape index (κ3) is 2.70. The fourth-order valence-corrected chi connectivity index (χ4v) is 1.27. The minimum absolute atomic E-state index is 0.857. The molecule has 1 rings (SSSR count). The van der Waals surface area contributed by atoms with Crippen molar-refractivity contribution in [2.75, 3.05) is 18.9 Å². The first kappa shape index (κ1) is 9.99. The summed E-state index contributed by atoms with van der Waals surface area (Å²) in [5.74, 6) is 0. The molecule has 0 atom stereocenters. The number of pyridine rings is 1. The van der Waals surface area contributed by atoms with Crippen LogP contribution in [0, 0.1) is 6.92 Å². The minimum Gasteiger partial charge on any atom is -0.385 e. The van der Waals surface area contributed by atoms with Crippen LogP contribution in [-0.4, -0.2) is 18.6 Å². The molecule has 0 unspecified atom stereocenters. The summed E-state index contributed by atoms with van der Waals surface area (Å²) < 4.78 is 0. The summed E-state index contributed by atoms with van der Waals surface area (Å²) >= 11 is 0. The fraction of sp³-hybridized carbons (Fsp3) is 0.500. The standard InChI is InChI=1S/C10H17N3/c1-4-12-10-5-8(2)13-7-9(10)6-11-3/h5,7,11H,4,6H2,1-3H3,(H,12,13). The fourth-order valence-electron chi connectivity index (χ4n) is 1.27. The van der Waals surface area contributed by atoms with Gasteiger partial charge in [-0.05, 0) is 27.0 Å². The molecule has 0 aromatic carbocycles. The van der Waals surface area contributed by atoms with E-state index in [1.54, 1.807) is 0 Å². The second-order valence-corrected chi connectivity index (χ2v) is 3.04. The maximum Gasteiger partial charge on any atom is 0.0419 e. The summed E-state index contributed by atoms with van der Waals surface area (Å²) in [7, 11) is 1.94. The first-order chi connectivity index (χ1) is 6.27. The molecule has 0 spiro atoms. The molecule has 0 saturated carbocycles. The summed E-state index contributed by atoms with van der Waals surface area (Å²) in [6.07, 6.45) is 1.92. The Morgan fingerprint density at radius 3 is 2.85 bits per heavy atom. The first-order valence-electron chi connectivity index (χ1n) is 4.62. The Kier molecular flexibility index (Phi) is 3.71.